The van der Waals surface area contributed by atoms with Gasteiger partial charge in [-0.1, -0.05) is 13.8 Å². The molecule has 1 fully saturated rings. The van der Waals surface area contributed by atoms with Crippen LogP contribution in [-0.2, 0) is 22.7 Å². The Bertz CT molecular complexity index is 1840. The highest BCUT2D eigenvalue weighted by atomic mass is 32.1. The summed E-state index contributed by atoms with van der Waals surface area (Å²) in [7, 11) is 0. The van der Waals surface area contributed by atoms with Crippen LogP contribution in [0.4, 0.5) is 24.5 Å². The summed E-state index contributed by atoms with van der Waals surface area (Å²) < 4.78 is 44.4. The molecule has 4 heterocycles. The number of halogens is 2. The van der Waals surface area contributed by atoms with E-state index in [4.69, 9.17) is 14.5 Å². The molecule has 12 heteroatoms. The number of thiophene rings is 1. The summed E-state index contributed by atoms with van der Waals surface area (Å²) in [5, 5.41) is 17.3. The zero-order valence-electron chi connectivity index (χ0n) is 25.5. The highest BCUT2D eigenvalue weighted by Gasteiger charge is 2.34. The maximum atomic E-state index is 16.9. The van der Waals surface area contributed by atoms with Crippen molar-refractivity contribution in [1.29, 1.82) is 5.26 Å². The first-order valence-corrected chi connectivity index (χ1v) is 15.5. The Hall–Kier alpha value is -3.92. The van der Waals surface area contributed by atoms with Gasteiger partial charge in [-0.25, -0.2) is 23.5 Å². The number of fused-ring (bicyclic) bond motifs is 4. The summed E-state index contributed by atoms with van der Waals surface area (Å²) in [6.07, 6.45) is 1.77. The van der Waals surface area contributed by atoms with Crippen molar-refractivity contribution in [3.63, 3.8) is 0 Å². The standard InChI is InChI=1S/C32H34F2N6O3S/c1-15(2)37-22-9-10-40(16(22)3)30-36-12-18-19-13-42-14-20(19)25(27(34)28(18)38-30)26-21(33)7-8-23-24(26)17(11-35)29(44-23)39-31(41)43-32(4,5)6/h7-8,12,15-16,22,37H,9-10,13-14H2,1-6H3,(H,39,41)/t16-,22+/m1/s1. The van der Waals surface area contributed by atoms with Gasteiger partial charge in [-0.15, -0.1) is 11.3 Å². The molecule has 0 bridgehead atoms. The zero-order chi connectivity index (χ0) is 31.5. The van der Waals surface area contributed by atoms with Crippen LogP contribution in [0.3, 0.4) is 0 Å². The Balaban J connectivity index is 1.52. The topological polar surface area (TPSA) is 112 Å². The number of nitrogens with zero attached hydrogens (tertiary/aromatic N) is 4. The largest absolute Gasteiger partial charge is 0.444 e. The molecule has 6 rings (SSSR count). The highest BCUT2D eigenvalue weighted by molar-refractivity contribution is 7.23. The lowest BCUT2D eigenvalue weighted by Crippen LogP contribution is -2.43. The van der Waals surface area contributed by atoms with Gasteiger partial charge >= 0.3 is 6.09 Å². The van der Waals surface area contributed by atoms with Crippen molar-refractivity contribution in [3.8, 4) is 17.2 Å². The molecule has 2 aliphatic rings. The van der Waals surface area contributed by atoms with Gasteiger partial charge in [-0.2, -0.15) is 5.26 Å². The van der Waals surface area contributed by atoms with Crippen LogP contribution in [-0.4, -0.2) is 46.3 Å². The molecule has 4 aromatic rings. The summed E-state index contributed by atoms with van der Waals surface area (Å²) >= 11 is 1.09. The summed E-state index contributed by atoms with van der Waals surface area (Å²) in [6, 6.07) is 5.50. The molecule has 2 N–H and O–H groups in total. The number of anilines is 2. The van der Waals surface area contributed by atoms with E-state index in [-0.39, 0.29) is 57.9 Å². The van der Waals surface area contributed by atoms with E-state index in [0.29, 0.717) is 39.7 Å². The Labute approximate surface area is 258 Å². The molecule has 0 radical (unpaired) electrons. The van der Waals surface area contributed by atoms with E-state index in [0.717, 1.165) is 17.8 Å². The zero-order valence-corrected chi connectivity index (χ0v) is 26.3. The number of nitriles is 1. The molecule has 44 heavy (non-hydrogen) atoms. The van der Waals surface area contributed by atoms with Crippen molar-refractivity contribution >= 4 is 49.4 Å². The molecule has 230 valence electrons. The minimum absolute atomic E-state index is 0.00434. The predicted molar refractivity (Wildman–Crippen MR) is 167 cm³/mol. The van der Waals surface area contributed by atoms with Crippen LogP contribution in [0.5, 0.6) is 0 Å². The maximum Gasteiger partial charge on any atom is 0.412 e. The fraction of sp³-hybridized carbons (Fsp3) is 0.438. The van der Waals surface area contributed by atoms with E-state index in [1.807, 2.05) is 0 Å². The Morgan fingerprint density at radius 1 is 1.23 bits per heavy atom. The first kappa shape index (κ1) is 30.1. The lowest BCUT2D eigenvalue weighted by Gasteiger charge is -2.26. The number of nitrogens with one attached hydrogen (secondary N) is 2. The monoisotopic (exact) mass is 620 g/mol. The molecule has 9 nitrogen and oxygen atoms in total. The molecule has 0 saturated carbocycles. The SMILES string of the molecule is CC(C)N[C@H]1CCN(c2ncc3c4c(c(-c5c(F)ccc6sc(NC(=O)OC(C)(C)C)c(C#N)c56)c(F)c3n2)COC4)[C@@H]1C. The molecule has 2 aliphatic heterocycles. The molecule has 1 amide bonds. The molecule has 0 aliphatic carbocycles. The van der Waals surface area contributed by atoms with E-state index in [9.17, 15) is 10.1 Å². The Morgan fingerprint density at radius 2 is 1.98 bits per heavy atom. The van der Waals surface area contributed by atoms with Gasteiger partial charge < -0.3 is 19.7 Å². The third-order valence-electron chi connectivity index (χ3n) is 8.03. The molecule has 0 spiro atoms. The van der Waals surface area contributed by atoms with E-state index in [2.05, 4.69) is 47.4 Å². The van der Waals surface area contributed by atoms with E-state index in [1.165, 1.54) is 12.1 Å². The fourth-order valence-corrected chi connectivity index (χ4v) is 7.22. The van der Waals surface area contributed by atoms with Gasteiger partial charge in [0.05, 0.1) is 18.8 Å². The van der Waals surface area contributed by atoms with Gasteiger partial charge in [0, 0.05) is 57.5 Å². The van der Waals surface area contributed by atoms with Crippen LogP contribution in [0.2, 0.25) is 0 Å². The van der Waals surface area contributed by atoms with Crippen molar-refractivity contribution in [2.24, 2.45) is 0 Å². The van der Waals surface area contributed by atoms with Gasteiger partial charge in [-0.3, -0.25) is 5.32 Å². The van der Waals surface area contributed by atoms with Crippen molar-refractivity contribution in [2.45, 2.75) is 84.9 Å². The second kappa shape index (κ2) is 11.2. The predicted octanol–water partition coefficient (Wildman–Crippen LogP) is 7.00. The third-order valence-corrected chi connectivity index (χ3v) is 9.10. The molecule has 2 aromatic carbocycles. The summed E-state index contributed by atoms with van der Waals surface area (Å²) in [4.78, 5) is 24.0. The number of hydrogen-bond acceptors (Lipinski definition) is 9. The molecular formula is C32H34F2N6O3S. The summed E-state index contributed by atoms with van der Waals surface area (Å²) in [5.41, 5.74) is 0.446. The molecular weight excluding hydrogens is 586 g/mol. The van der Waals surface area contributed by atoms with E-state index < -0.39 is 23.3 Å². The lowest BCUT2D eigenvalue weighted by molar-refractivity contribution is 0.0636. The number of aromatic nitrogens is 2. The van der Waals surface area contributed by atoms with E-state index in [1.54, 1.807) is 27.0 Å². The van der Waals surface area contributed by atoms with Crippen LogP contribution < -0.4 is 15.5 Å². The number of carbonyl (C=O) groups excluding carboxylic acids is 1. The maximum absolute atomic E-state index is 16.9. The van der Waals surface area contributed by atoms with Crippen LogP contribution >= 0.6 is 11.3 Å². The minimum atomic E-state index is -0.765. The smallest absolute Gasteiger partial charge is 0.412 e. The minimum Gasteiger partial charge on any atom is -0.444 e. The molecule has 1 saturated heterocycles. The average molecular weight is 621 g/mol. The van der Waals surface area contributed by atoms with Crippen molar-refractivity contribution in [2.75, 3.05) is 16.8 Å². The lowest BCUT2D eigenvalue weighted by atomic mass is 9.90. The second-order valence-corrected chi connectivity index (χ2v) is 13.6. The van der Waals surface area contributed by atoms with Crippen molar-refractivity contribution in [1.82, 2.24) is 15.3 Å². The normalized spacial score (nSPS) is 18.3. The number of rotatable bonds is 5. The molecule has 0 unspecified atom stereocenters. The third kappa shape index (κ3) is 5.23. The van der Waals surface area contributed by atoms with Crippen LogP contribution in [0, 0.1) is 23.0 Å². The second-order valence-electron chi connectivity index (χ2n) is 12.6. The quantitative estimate of drug-likeness (QED) is 0.245. The molecule has 2 aromatic heterocycles. The van der Waals surface area contributed by atoms with Crippen LogP contribution in [0.15, 0.2) is 18.3 Å². The van der Waals surface area contributed by atoms with Crippen molar-refractivity contribution in [3.05, 3.63) is 46.7 Å². The fourth-order valence-electron chi connectivity index (χ4n) is 6.18. The van der Waals surface area contributed by atoms with Crippen LogP contribution in [0.25, 0.3) is 32.1 Å². The highest BCUT2D eigenvalue weighted by Crippen LogP contribution is 2.47. The van der Waals surface area contributed by atoms with Gasteiger partial charge in [0.1, 0.15) is 28.0 Å². The number of carbonyl (C=O) groups is 1. The first-order chi connectivity index (χ1) is 20.9. The number of benzene rings is 2. The van der Waals surface area contributed by atoms with Gasteiger partial charge in [0.15, 0.2) is 5.82 Å². The van der Waals surface area contributed by atoms with Gasteiger partial charge in [-0.05, 0) is 57.4 Å². The molecule has 2 atom stereocenters. The van der Waals surface area contributed by atoms with Crippen molar-refractivity contribution < 1.29 is 23.0 Å². The average Bonchev–Trinajstić information content (AvgIpc) is 3.66. The Morgan fingerprint density at radius 3 is 2.68 bits per heavy atom. The summed E-state index contributed by atoms with van der Waals surface area (Å²) in [6.45, 7) is 12.4. The number of ether oxygens (including phenoxy) is 2. The number of amides is 1. The summed E-state index contributed by atoms with van der Waals surface area (Å²) in [5.74, 6) is -1.01. The van der Waals surface area contributed by atoms with E-state index >= 15 is 8.78 Å². The Kier molecular flexibility index (Phi) is 7.68. The van der Waals surface area contributed by atoms with Gasteiger partial charge in [0.2, 0.25) is 5.95 Å². The first-order valence-electron chi connectivity index (χ1n) is 14.6. The van der Waals surface area contributed by atoms with Gasteiger partial charge in [0.25, 0.3) is 0 Å². The van der Waals surface area contributed by atoms with Crippen LogP contribution in [0.1, 0.15) is 64.7 Å². The number of hydrogen-bond donors (Lipinski definition) is 2.